The largest absolute Gasteiger partial charge is 0.482 e. The Kier molecular flexibility index (Phi) is 5.01. The van der Waals surface area contributed by atoms with Crippen LogP contribution >= 0.6 is 11.6 Å². The summed E-state index contributed by atoms with van der Waals surface area (Å²) < 4.78 is 43.8. The van der Waals surface area contributed by atoms with Crippen LogP contribution in [0.2, 0.25) is 5.02 Å². The van der Waals surface area contributed by atoms with Crippen LogP contribution in [0.25, 0.3) is 0 Å². The molecule has 0 saturated carbocycles. The molecule has 0 saturated heterocycles. The summed E-state index contributed by atoms with van der Waals surface area (Å²) >= 11 is 5.88. The van der Waals surface area contributed by atoms with E-state index in [1.165, 1.54) is 4.90 Å². The molecule has 1 heterocycles. The molecule has 2 amide bonds. The molecular weight excluding hydrogens is 385 g/mol. The number of halogens is 4. The number of benzene rings is 2. The van der Waals surface area contributed by atoms with Gasteiger partial charge in [-0.25, -0.2) is 0 Å². The maximum atomic E-state index is 12.8. The van der Waals surface area contributed by atoms with Crippen molar-refractivity contribution >= 4 is 34.8 Å². The molecule has 1 N–H and O–H groups in total. The maximum Gasteiger partial charge on any atom is 0.416 e. The first-order valence-corrected chi connectivity index (χ1v) is 8.23. The average Bonchev–Trinajstić information content (AvgIpc) is 2.58. The summed E-state index contributed by atoms with van der Waals surface area (Å²) in [6.07, 6.45) is -4.57. The molecule has 27 heavy (non-hydrogen) atoms. The van der Waals surface area contributed by atoms with E-state index in [-0.39, 0.29) is 23.9 Å². The van der Waals surface area contributed by atoms with Gasteiger partial charge >= 0.3 is 6.18 Å². The molecule has 0 unspecified atom stereocenters. The molecular formula is C18H14ClF3N2O3. The molecule has 0 spiro atoms. The lowest BCUT2D eigenvalue weighted by Crippen LogP contribution is -2.43. The molecule has 3 rings (SSSR count). The normalized spacial score (nSPS) is 13.8. The summed E-state index contributed by atoms with van der Waals surface area (Å²) in [6, 6.07) is 7.80. The number of hydrogen-bond donors (Lipinski definition) is 1. The third-order valence-electron chi connectivity index (χ3n) is 3.93. The Labute approximate surface area is 157 Å². The Morgan fingerprint density at radius 2 is 2.00 bits per heavy atom. The molecule has 0 bridgehead atoms. The number of aryl methyl sites for hydroxylation is 1. The second-order valence-electron chi connectivity index (χ2n) is 5.98. The van der Waals surface area contributed by atoms with Gasteiger partial charge in [0.1, 0.15) is 12.3 Å². The Morgan fingerprint density at radius 1 is 1.26 bits per heavy atom. The fourth-order valence-electron chi connectivity index (χ4n) is 2.62. The van der Waals surface area contributed by atoms with Crippen LogP contribution in [0, 0.1) is 6.92 Å². The SMILES string of the molecule is Cc1ccc2c(c1)N(CC(=O)Nc1cc(C(F)(F)F)ccc1Cl)C(=O)CO2. The minimum atomic E-state index is -4.57. The topological polar surface area (TPSA) is 58.6 Å². The minimum Gasteiger partial charge on any atom is -0.482 e. The predicted octanol–water partition coefficient (Wildman–Crippen LogP) is 4.03. The number of carbonyl (C=O) groups is 2. The number of fused-ring (bicyclic) bond motifs is 1. The number of anilines is 2. The summed E-state index contributed by atoms with van der Waals surface area (Å²) in [5.41, 5.74) is 0.169. The van der Waals surface area contributed by atoms with Crippen LogP contribution in [-0.4, -0.2) is 25.0 Å². The molecule has 2 aromatic rings. The molecule has 5 nitrogen and oxygen atoms in total. The number of nitrogens with zero attached hydrogens (tertiary/aromatic N) is 1. The number of nitrogens with one attached hydrogen (secondary N) is 1. The smallest absolute Gasteiger partial charge is 0.416 e. The van der Waals surface area contributed by atoms with Gasteiger partial charge in [-0.3, -0.25) is 14.5 Å². The molecule has 0 radical (unpaired) electrons. The Balaban J connectivity index is 1.81. The van der Waals surface area contributed by atoms with E-state index >= 15 is 0 Å². The number of alkyl halides is 3. The minimum absolute atomic E-state index is 0.0408. The van der Waals surface area contributed by atoms with Crippen molar-refractivity contribution in [2.45, 2.75) is 13.1 Å². The van der Waals surface area contributed by atoms with Gasteiger partial charge in [-0.2, -0.15) is 13.2 Å². The third kappa shape index (κ3) is 4.16. The van der Waals surface area contributed by atoms with Crippen molar-refractivity contribution in [1.82, 2.24) is 0 Å². The lowest BCUT2D eigenvalue weighted by molar-refractivity contribution is -0.137. The number of rotatable bonds is 3. The quantitative estimate of drug-likeness (QED) is 0.849. The highest BCUT2D eigenvalue weighted by molar-refractivity contribution is 6.33. The molecule has 142 valence electrons. The standard InChI is InChI=1S/C18H14ClF3N2O3/c1-10-2-5-15-14(6-10)24(17(26)9-27-15)8-16(25)23-13-7-11(18(20,21)22)3-4-12(13)19/h2-7H,8-9H2,1H3,(H,23,25). The van der Waals surface area contributed by atoms with E-state index in [1.54, 1.807) is 18.2 Å². The van der Waals surface area contributed by atoms with Crippen molar-refractivity contribution in [3.63, 3.8) is 0 Å². The summed E-state index contributed by atoms with van der Waals surface area (Å²) in [5.74, 6) is -0.664. The first-order valence-electron chi connectivity index (χ1n) is 7.85. The van der Waals surface area contributed by atoms with E-state index in [0.717, 1.165) is 23.8 Å². The summed E-state index contributed by atoms with van der Waals surface area (Å²) in [6.45, 7) is 1.21. The van der Waals surface area contributed by atoms with E-state index < -0.39 is 23.6 Å². The molecule has 0 fully saturated rings. The van der Waals surface area contributed by atoms with Gasteiger partial charge < -0.3 is 10.1 Å². The van der Waals surface area contributed by atoms with Crippen LogP contribution in [0.1, 0.15) is 11.1 Å². The Bertz CT molecular complexity index is 915. The number of carbonyl (C=O) groups excluding carboxylic acids is 2. The van der Waals surface area contributed by atoms with Gasteiger partial charge in [0.15, 0.2) is 6.61 Å². The van der Waals surface area contributed by atoms with Crippen LogP contribution in [0.5, 0.6) is 5.75 Å². The Hall–Kier alpha value is -2.74. The van der Waals surface area contributed by atoms with Crippen LogP contribution in [0.4, 0.5) is 24.5 Å². The zero-order chi connectivity index (χ0) is 19.8. The van der Waals surface area contributed by atoms with Crippen LogP contribution in [0.3, 0.4) is 0 Å². The number of ether oxygens (including phenoxy) is 1. The van der Waals surface area contributed by atoms with E-state index in [2.05, 4.69) is 5.32 Å². The van der Waals surface area contributed by atoms with Crippen molar-refractivity contribution in [2.24, 2.45) is 0 Å². The third-order valence-corrected chi connectivity index (χ3v) is 4.26. The monoisotopic (exact) mass is 398 g/mol. The van der Waals surface area contributed by atoms with Crippen molar-refractivity contribution in [3.8, 4) is 5.75 Å². The van der Waals surface area contributed by atoms with E-state index in [4.69, 9.17) is 16.3 Å². The predicted molar refractivity (Wildman–Crippen MR) is 94.1 cm³/mol. The van der Waals surface area contributed by atoms with Crippen molar-refractivity contribution in [3.05, 3.63) is 52.5 Å². The van der Waals surface area contributed by atoms with Crippen LogP contribution in [0.15, 0.2) is 36.4 Å². The summed E-state index contributed by atoms with van der Waals surface area (Å²) in [4.78, 5) is 25.7. The van der Waals surface area contributed by atoms with Crippen molar-refractivity contribution < 1.29 is 27.5 Å². The lowest BCUT2D eigenvalue weighted by Gasteiger charge is -2.29. The van der Waals surface area contributed by atoms with Gasteiger partial charge in [-0.05, 0) is 42.8 Å². The van der Waals surface area contributed by atoms with Gasteiger partial charge in [-0.15, -0.1) is 0 Å². The molecule has 0 aromatic heterocycles. The fourth-order valence-corrected chi connectivity index (χ4v) is 2.78. The second-order valence-corrected chi connectivity index (χ2v) is 6.39. The number of amides is 2. The molecule has 1 aliphatic rings. The van der Waals surface area contributed by atoms with Gasteiger partial charge in [0.05, 0.1) is 22.0 Å². The summed E-state index contributed by atoms with van der Waals surface area (Å²) in [7, 11) is 0. The van der Waals surface area contributed by atoms with Crippen LogP contribution < -0.4 is 15.0 Å². The Morgan fingerprint density at radius 3 is 2.70 bits per heavy atom. The van der Waals surface area contributed by atoms with Gasteiger partial charge in [0.2, 0.25) is 5.91 Å². The second kappa shape index (κ2) is 7.11. The van der Waals surface area contributed by atoms with Gasteiger partial charge in [0, 0.05) is 0 Å². The van der Waals surface area contributed by atoms with E-state index in [0.29, 0.717) is 11.4 Å². The molecule has 2 aromatic carbocycles. The van der Waals surface area contributed by atoms with Gasteiger partial charge in [0.25, 0.3) is 5.91 Å². The van der Waals surface area contributed by atoms with E-state index in [9.17, 15) is 22.8 Å². The molecule has 1 aliphatic heterocycles. The zero-order valence-corrected chi connectivity index (χ0v) is 14.8. The first kappa shape index (κ1) is 19.0. The average molecular weight is 399 g/mol. The summed E-state index contributed by atoms with van der Waals surface area (Å²) in [5, 5.41) is 2.29. The molecule has 9 heteroatoms. The molecule has 0 atom stereocenters. The first-order chi connectivity index (χ1) is 12.6. The van der Waals surface area contributed by atoms with Crippen molar-refractivity contribution in [1.29, 1.82) is 0 Å². The highest BCUT2D eigenvalue weighted by atomic mass is 35.5. The number of hydrogen-bond acceptors (Lipinski definition) is 3. The highest BCUT2D eigenvalue weighted by Crippen LogP contribution is 2.35. The van der Waals surface area contributed by atoms with Crippen molar-refractivity contribution in [2.75, 3.05) is 23.4 Å². The maximum absolute atomic E-state index is 12.8. The zero-order valence-electron chi connectivity index (χ0n) is 14.1. The van der Waals surface area contributed by atoms with Crippen LogP contribution in [-0.2, 0) is 15.8 Å². The highest BCUT2D eigenvalue weighted by Gasteiger charge is 2.31. The van der Waals surface area contributed by atoms with Gasteiger partial charge in [-0.1, -0.05) is 17.7 Å². The molecule has 0 aliphatic carbocycles. The fraction of sp³-hybridized carbons (Fsp3) is 0.222. The van der Waals surface area contributed by atoms with E-state index in [1.807, 2.05) is 6.92 Å². The lowest BCUT2D eigenvalue weighted by atomic mass is 10.1.